The fraction of sp³-hybridized carbons (Fsp3) is 0.417. The predicted molar refractivity (Wildman–Crippen MR) is 57.8 cm³/mol. The van der Waals surface area contributed by atoms with Crippen molar-refractivity contribution < 1.29 is 9.53 Å². The summed E-state index contributed by atoms with van der Waals surface area (Å²) in [6.07, 6.45) is 3.83. The van der Waals surface area contributed by atoms with Crippen molar-refractivity contribution in [3.05, 3.63) is 29.3 Å². The second-order valence-corrected chi connectivity index (χ2v) is 3.85. The van der Waals surface area contributed by atoms with Crippen molar-refractivity contribution in [3.8, 4) is 5.75 Å². The maximum absolute atomic E-state index is 10.5. The van der Waals surface area contributed by atoms with Crippen LogP contribution >= 0.6 is 0 Å². The molecule has 0 aliphatic heterocycles. The molecule has 15 heavy (non-hydrogen) atoms. The average molecular weight is 205 g/mol. The maximum atomic E-state index is 10.5. The molecular formula is C12H15NO2. The summed E-state index contributed by atoms with van der Waals surface area (Å²) in [5.74, 6) is 0.521. The molecule has 0 unspecified atom stereocenters. The number of nitrogens with two attached hydrogens (primary N) is 1. The minimum atomic E-state index is -0.323. The zero-order valence-corrected chi connectivity index (χ0v) is 8.66. The van der Waals surface area contributed by atoms with E-state index in [1.54, 1.807) is 0 Å². The van der Waals surface area contributed by atoms with Gasteiger partial charge in [0, 0.05) is 0 Å². The largest absolute Gasteiger partial charge is 0.493 e. The lowest BCUT2D eigenvalue weighted by Crippen LogP contribution is -2.14. The SMILES string of the molecule is NC(=O)CCOc1ccc2c(c1)CCC2. The van der Waals surface area contributed by atoms with Crippen LogP contribution in [0.4, 0.5) is 0 Å². The molecule has 1 aliphatic rings. The van der Waals surface area contributed by atoms with Gasteiger partial charge >= 0.3 is 0 Å². The molecule has 0 saturated heterocycles. The highest BCUT2D eigenvalue weighted by Gasteiger charge is 2.10. The average Bonchev–Trinajstić information content (AvgIpc) is 2.64. The van der Waals surface area contributed by atoms with Crippen LogP contribution in [0, 0.1) is 0 Å². The van der Waals surface area contributed by atoms with E-state index in [0.717, 1.165) is 12.2 Å². The summed E-state index contributed by atoms with van der Waals surface area (Å²) in [5, 5.41) is 0. The van der Waals surface area contributed by atoms with Crippen LogP contribution in [0.5, 0.6) is 5.75 Å². The maximum Gasteiger partial charge on any atom is 0.220 e. The molecule has 3 nitrogen and oxygen atoms in total. The van der Waals surface area contributed by atoms with E-state index in [1.807, 2.05) is 6.07 Å². The summed E-state index contributed by atoms with van der Waals surface area (Å²) in [5.41, 5.74) is 7.84. The number of aryl methyl sites for hydroxylation is 2. The number of benzene rings is 1. The molecule has 0 radical (unpaired) electrons. The van der Waals surface area contributed by atoms with Gasteiger partial charge in [-0.1, -0.05) is 6.07 Å². The fourth-order valence-electron chi connectivity index (χ4n) is 1.91. The number of primary amides is 1. The first-order valence-electron chi connectivity index (χ1n) is 5.28. The van der Waals surface area contributed by atoms with Crippen LogP contribution < -0.4 is 10.5 Å². The minimum absolute atomic E-state index is 0.275. The van der Waals surface area contributed by atoms with Gasteiger partial charge in [0.15, 0.2) is 0 Å². The third kappa shape index (κ3) is 2.49. The van der Waals surface area contributed by atoms with E-state index in [1.165, 1.54) is 24.0 Å². The summed E-state index contributed by atoms with van der Waals surface area (Å²) in [6.45, 7) is 0.369. The van der Waals surface area contributed by atoms with Gasteiger partial charge in [-0.2, -0.15) is 0 Å². The topological polar surface area (TPSA) is 52.3 Å². The van der Waals surface area contributed by atoms with Crippen molar-refractivity contribution in [1.29, 1.82) is 0 Å². The molecule has 0 spiro atoms. The molecule has 2 N–H and O–H groups in total. The summed E-state index contributed by atoms with van der Waals surface area (Å²) < 4.78 is 5.44. The Hall–Kier alpha value is -1.51. The number of fused-ring (bicyclic) bond motifs is 1. The Kier molecular flexibility index (Phi) is 2.90. The van der Waals surface area contributed by atoms with E-state index >= 15 is 0 Å². The van der Waals surface area contributed by atoms with Gasteiger partial charge in [-0.3, -0.25) is 4.79 Å². The van der Waals surface area contributed by atoms with Crippen molar-refractivity contribution in [2.24, 2.45) is 5.73 Å². The summed E-state index contributed by atoms with van der Waals surface area (Å²) in [6, 6.07) is 6.15. The van der Waals surface area contributed by atoms with Crippen LogP contribution in [0.2, 0.25) is 0 Å². The second kappa shape index (κ2) is 4.34. The van der Waals surface area contributed by atoms with E-state index in [9.17, 15) is 4.79 Å². The number of amides is 1. The molecule has 80 valence electrons. The first kappa shape index (κ1) is 10.0. The molecule has 0 aromatic heterocycles. The van der Waals surface area contributed by atoms with Crippen molar-refractivity contribution in [1.82, 2.24) is 0 Å². The van der Waals surface area contributed by atoms with Crippen LogP contribution in [-0.4, -0.2) is 12.5 Å². The van der Waals surface area contributed by atoms with E-state index in [0.29, 0.717) is 6.61 Å². The lowest BCUT2D eigenvalue weighted by molar-refractivity contribution is -0.118. The number of hydrogen-bond donors (Lipinski definition) is 1. The minimum Gasteiger partial charge on any atom is -0.493 e. The Morgan fingerprint density at radius 1 is 1.33 bits per heavy atom. The van der Waals surface area contributed by atoms with Gasteiger partial charge in [0.25, 0.3) is 0 Å². The van der Waals surface area contributed by atoms with Crippen LogP contribution in [0.3, 0.4) is 0 Å². The lowest BCUT2D eigenvalue weighted by atomic mass is 10.1. The molecule has 0 bridgehead atoms. The van der Waals surface area contributed by atoms with E-state index in [4.69, 9.17) is 10.5 Å². The molecular weight excluding hydrogens is 190 g/mol. The smallest absolute Gasteiger partial charge is 0.220 e. The predicted octanol–water partition coefficient (Wildman–Crippen LogP) is 1.43. The normalized spacial score (nSPS) is 13.6. The molecule has 3 heteroatoms. The lowest BCUT2D eigenvalue weighted by Gasteiger charge is -2.06. The Balaban J connectivity index is 1.95. The van der Waals surface area contributed by atoms with Crippen molar-refractivity contribution in [2.45, 2.75) is 25.7 Å². The molecule has 0 heterocycles. The van der Waals surface area contributed by atoms with Crippen LogP contribution in [-0.2, 0) is 17.6 Å². The number of hydrogen-bond acceptors (Lipinski definition) is 2. The summed E-state index contributed by atoms with van der Waals surface area (Å²) in [7, 11) is 0. The highest BCUT2D eigenvalue weighted by atomic mass is 16.5. The molecule has 1 aliphatic carbocycles. The Labute approximate surface area is 89.2 Å². The van der Waals surface area contributed by atoms with E-state index < -0.39 is 0 Å². The second-order valence-electron chi connectivity index (χ2n) is 3.85. The van der Waals surface area contributed by atoms with Crippen molar-refractivity contribution >= 4 is 5.91 Å². The van der Waals surface area contributed by atoms with Gasteiger partial charge in [0.2, 0.25) is 5.91 Å². The Bertz CT molecular complexity index is 374. The quantitative estimate of drug-likeness (QED) is 0.808. The van der Waals surface area contributed by atoms with Gasteiger partial charge in [-0.25, -0.2) is 0 Å². The molecule has 1 aromatic carbocycles. The van der Waals surface area contributed by atoms with Gasteiger partial charge in [-0.05, 0) is 42.5 Å². The highest BCUT2D eigenvalue weighted by molar-refractivity contribution is 5.73. The van der Waals surface area contributed by atoms with Crippen LogP contribution in [0.15, 0.2) is 18.2 Å². The number of rotatable bonds is 4. The van der Waals surface area contributed by atoms with Crippen molar-refractivity contribution in [2.75, 3.05) is 6.61 Å². The standard InChI is InChI=1S/C12H15NO2/c13-12(14)6-7-15-11-5-4-9-2-1-3-10(9)8-11/h4-5,8H,1-3,6-7H2,(H2,13,14). The van der Waals surface area contributed by atoms with Gasteiger partial charge < -0.3 is 10.5 Å². The molecule has 0 atom stereocenters. The van der Waals surface area contributed by atoms with E-state index in [2.05, 4.69) is 12.1 Å². The first-order valence-corrected chi connectivity index (χ1v) is 5.28. The number of ether oxygens (including phenoxy) is 1. The van der Waals surface area contributed by atoms with Gasteiger partial charge in [0.05, 0.1) is 13.0 Å². The zero-order chi connectivity index (χ0) is 10.7. The molecule has 0 saturated carbocycles. The Morgan fingerprint density at radius 3 is 2.93 bits per heavy atom. The molecule has 2 rings (SSSR count). The summed E-state index contributed by atoms with van der Waals surface area (Å²) >= 11 is 0. The van der Waals surface area contributed by atoms with Crippen molar-refractivity contribution in [3.63, 3.8) is 0 Å². The zero-order valence-electron chi connectivity index (χ0n) is 8.66. The summed E-state index contributed by atoms with van der Waals surface area (Å²) in [4.78, 5) is 10.5. The third-order valence-corrected chi connectivity index (χ3v) is 2.69. The third-order valence-electron chi connectivity index (χ3n) is 2.69. The first-order chi connectivity index (χ1) is 7.25. The van der Waals surface area contributed by atoms with Crippen LogP contribution in [0.25, 0.3) is 0 Å². The Morgan fingerprint density at radius 2 is 2.13 bits per heavy atom. The van der Waals surface area contributed by atoms with E-state index in [-0.39, 0.29) is 12.3 Å². The molecule has 1 amide bonds. The van der Waals surface area contributed by atoms with Gasteiger partial charge in [0.1, 0.15) is 5.75 Å². The highest BCUT2D eigenvalue weighted by Crippen LogP contribution is 2.25. The number of carbonyl (C=O) groups is 1. The molecule has 1 aromatic rings. The number of carbonyl (C=O) groups excluding carboxylic acids is 1. The fourth-order valence-corrected chi connectivity index (χ4v) is 1.91. The molecule has 0 fully saturated rings. The van der Waals surface area contributed by atoms with Crippen LogP contribution in [0.1, 0.15) is 24.0 Å². The van der Waals surface area contributed by atoms with Gasteiger partial charge in [-0.15, -0.1) is 0 Å². The monoisotopic (exact) mass is 205 g/mol.